The molecule has 2 aliphatic rings. The van der Waals surface area contributed by atoms with Crippen LogP contribution in [0.4, 0.5) is 0 Å². The van der Waals surface area contributed by atoms with E-state index in [1.165, 1.54) is 68.4 Å². The third kappa shape index (κ3) is 3.19. The molecule has 4 nitrogen and oxygen atoms in total. The molecule has 0 saturated carbocycles. The molecule has 0 spiro atoms. The van der Waals surface area contributed by atoms with Crippen LogP contribution in [0.5, 0.6) is 0 Å². The van der Waals surface area contributed by atoms with Crippen molar-refractivity contribution in [3.63, 3.8) is 0 Å². The van der Waals surface area contributed by atoms with E-state index in [9.17, 15) is 0 Å². The summed E-state index contributed by atoms with van der Waals surface area (Å²) in [6, 6.07) is 20.3. The molecule has 4 heteroatoms. The van der Waals surface area contributed by atoms with E-state index in [1.54, 1.807) is 0 Å². The van der Waals surface area contributed by atoms with Crippen LogP contribution in [-0.4, -0.2) is 34.6 Å². The Morgan fingerprint density at radius 2 is 1.39 bits per heavy atom. The molecule has 0 N–H and O–H groups in total. The number of fused-ring (bicyclic) bond motifs is 6. The number of nitrogens with zero attached hydrogens (tertiary/aromatic N) is 2. The third-order valence-electron chi connectivity index (χ3n) is 7.50. The van der Waals surface area contributed by atoms with Gasteiger partial charge < -0.3 is 18.6 Å². The molecule has 0 amide bonds. The molecule has 33 heavy (non-hydrogen) atoms. The lowest BCUT2D eigenvalue weighted by atomic mass is 9.97. The van der Waals surface area contributed by atoms with Gasteiger partial charge in [0, 0.05) is 32.6 Å². The number of aromatic nitrogens is 2. The summed E-state index contributed by atoms with van der Waals surface area (Å²) in [5.41, 5.74) is 6.94. The minimum atomic E-state index is 0.344. The maximum absolute atomic E-state index is 5.69. The van der Waals surface area contributed by atoms with Crippen molar-refractivity contribution < 1.29 is 9.47 Å². The zero-order valence-corrected chi connectivity index (χ0v) is 19.2. The summed E-state index contributed by atoms with van der Waals surface area (Å²) in [4.78, 5) is 0. The fourth-order valence-electron chi connectivity index (χ4n) is 5.78. The van der Waals surface area contributed by atoms with Gasteiger partial charge in [-0.2, -0.15) is 0 Å². The lowest BCUT2D eigenvalue weighted by molar-refractivity contribution is 0.387. The average molecular weight is 439 g/mol. The standard InChI is InChI=1S/C29H30N2O2/c1-2-3-4-11-23-28-22-10-6-8-13-26(22)30(15-19-17-32-19)27(28)14-24-21-9-5-7-12-25(21)31(29(23)24)16-20-18-33-20/h5-10,12-14,19-20H,2-4,11,15-18H2,1H3. The normalized spacial score (nSPS) is 19.9. The first kappa shape index (κ1) is 19.6. The molecule has 2 atom stereocenters. The van der Waals surface area contributed by atoms with E-state index in [2.05, 4.69) is 70.7 Å². The Bertz CT molecular complexity index is 1490. The number of aryl methyl sites for hydroxylation is 1. The second-order valence-corrected chi connectivity index (χ2v) is 9.77. The van der Waals surface area contributed by atoms with Crippen LogP contribution in [0.25, 0.3) is 43.6 Å². The smallest absolute Gasteiger partial charge is 0.0988 e. The number of hydrogen-bond donors (Lipinski definition) is 0. The zero-order valence-electron chi connectivity index (χ0n) is 19.2. The van der Waals surface area contributed by atoms with Gasteiger partial charge in [0.25, 0.3) is 0 Å². The van der Waals surface area contributed by atoms with Gasteiger partial charge in [0.05, 0.1) is 49.5 Å². The molecule has 0 aliphatic carbocycles. The maximum Gasteiger partial charge on any atom is 0.0988 e. The number of unbranched alkanes of at least 4 members (excludes halogenated alkanes) is 2. The van der Waals surface area contributed by atoms with Gasteiger partial charge in [-0.25, -0.2) is 0 Å². The molecular weight excluding hydrogens is 408 g/mol. The van der Waals surface area contributed by atoms with Crippen LogP contribution < -0.4 is 0 Å². The summed E-state index contributed by atoms with van der Waals surface area (Å²) in [5, 5.41) is 5.55. The number of benzene rings is 3. The van der Waals surface area contributed by atoms with Crippen LogP contribution in [0, 0.1) is 0 Å². The highest BCUT2D eigenvalue weighted by Gasteiger charge is 2.29. The number of hydrogen-bond acceptors (Lipinski definition) is 2. The van der Waals surface area contributed by atoms with Crippen LogP contribution in [-0.2, 0) is 29.0 Å². The van der Waals surface area contributed by atoms with Gasteiger partial charge >= 0.3 is 0 Å². The SMILES string of the molecule is CCCCCc1c2c3ccccc3n(CC3CO3)c2cc2c3ccccc3n(CC3CO3)c12. The van der Waals surface area contributed by atoms with Gasteiger partial charge in [-0.3, -0.25) is 0 Å². The monoisotopic (exact) mass is 438 g/mol. The Balaban J connectivity index is 1.61. The van der Waals surface area contributed by atoms with E-state index in [4.69, 9.17) is 9.47 Å². The summed E-state index contributed by atoms with van der Waals surface area (Å²) in [5.74, 6) is 0. The van der Waals surface area contributed by atoms with Crippen molar-refractivity contribution in [2.45, 2.75) is 57.9 Å². The molecule has 0 radical (unpaired) electrons. The van der Waals surface area contributed by atoms with E-state index in [-0.39, 0.29) is 0 Å². The van der Waals surface area contributed by atoms with E-state index >= 15 is 0 Å². The Morgan fingerprint density at radius 3 is 2.09 bits per heavy atom. The van der Waals surface area contributed by atoms with Crippen LogP contribution in [0.15, 0.2) is 54.6 Å². The predicted molar refractivity (Wildman–Crippen MR) is 135 cm³/mol. The van der Waals surface area contributed by atoms with E-state index in [1.807, 2.05) is 0 Å². The van der Waals surface area contributed by atoms with Crippen molar-refractivity contribution in [1.29, 1.82) is 0 Å². The van der Waals surface area contributed by atoms with Crippen LogP contribution in [0.1, 0.15) is 31.7 Å². The summed E-state index contributed by atoms with van der Waals surface area (Å²) < 4.78 is 16.4. The van der Waals surface area contributed by atoms with Gasteiger partial charge in [0.2, 0.25) is 0 Å². The number of rotatable bonds is 8. The van der Waals surface area contributed by atoms with Gasteiger partial charge in [0.15, 0.2) is 0 Å². The summed E-state index contributed by atoms with van der Waals surface area (Å²) in [6.45, 7) is 5.91. The molecule has 0 bridgehead atoms. The van der Waals surface area contributed by atoms with Crippen molar-refractivity contribution in [2.24, 2.45) is 0 Å². The van der Waals surface area contributed by atoms with Gasteiger partial charge in [-0.05, 0) is 36.6 Å². The van der Waals surface area contributed by atoms with Gasteiger partial charge in [-0.15, -0.1) is 0 Å². The van der Waals surface area contributed by atoms with Crippen molar-refractivity contribution in [1.82, 2.24) is 9.13 Å². The van der Waals surface area contributed by atoms with Crippen molar-refractivity contribution in [3.8, 4) is 0 Å². The van der Waals surface area contributed by atoms with E-state index in [0.717, 1.165) is 32.7 Å². The Labute approximate surface area is 193 Å². The first-order valence-corrected chi connectivity index (χ1v) is 12.5. The molecule has 2 unspecified atom stereocenters. The van der Waals surface area contributed by atoms with Crippen LogP contribution in [0.3, 0.4) is 0 Å². The van der Waals surface area contributed by atoms with Crippen LogP contribution in [0.2, 0.25) is 0 Å². The number of ether oxygens (including phenoxy) is 2. The molecule has 7 rings (SSSR count). The van der Waals surface area contributed by atoms with Crippen molar-refractivity contribution >= 4 is 43.6 Å². The number of epoxide rings is 2. The van der Waals surface area contributed by atoms with Crippen LogP contribution >= 0.6 is 0 Å². The minimum Gasteiger partial charge on any atom is -0.371 e. The molecule has 3 aromatic carbocycles. The molecule has 168 valence electrons. The van der Waals surface area contributed by atoms with E-state index < -0.39 is 0 Å². The Morgan fingerprint density at radius 1 is 0.758 bits per heavy atom. The second-order valence-electron chi connectivity index (χ2n) is 9.77. The quantitative estimate of drug-likeness (QED) is 0.207. The summed E-state index contributed by atoms with van der Waals surface area (Å²) in [7, 11) is 0. The number of para-hydroxylation sites is 2. The highest BCUT2D eigenvalue weighted by atomic mass is 16.6. The largest absolute Gasteiger partial charge is 0.371 e. The van der Waals surface area contributed by atoms with E-state index in [0.29, 0.717) is 12.2 Å². The molecule has 2 aliphatic heterocycles. The third-order valence-corrected chi connectivity index (χ3v) is 7.50. The van der Waals surface area contributed by atoms with Gasteiger partial charge in [-0.1, -0.05) is 56.2 Å². The Hall–Kier alpha value is -2.82. The lowest BCUT2D eigenvalue weighted by Crippen LogP contribution is -2.06. The van der Waals surface area contributed by atoms with Gasteiger partial charge in [0.1, 0.15) is 0 Å². The molecular formula is C29H30N2O2. The summed E-state index contributed by atoms with van der Waals surface area (Å²) in [6.07, 6.45) is 5.51. The molecule has 2 aromatic heterocycles. The fraction of sp³-hybridized carbons (Fsp3) is 0.379. The first-order chi connectivity index (χ1) is 16.3. The van der Waals surface area contributed by atoms with Crippen molar-refractivity contribution in [3.05, 3.63) is 60.2 Å². The highest BCUT2D eigenvalue weighted by Crippen LogP contribution is 2.42. The average Bonchev–Trinajstić information content (AvgIpc) is 3.77. The highest BCUT2D eigenvalue weighted by molar-refractivity contribution is 6.20. The Kier molecular flexibility index (Phi) is 4.53. The molecule has 2 fully saturated rings. The predicted octanol–water partition coefficient (Wildman–Crippen LogP) is 6.43. The fourth-order valence-corrected chi connectivity index (χ4v) is 5.78. The molecule has 4 heterocycles. The zero-order chi connectivity index (χ0) is 21.9. The first-order valence-electron chi connectivity index (χ1n) is 12.5. The summed E-state index contributed by atoms with van der Waals surface area (Å²) >= 11 is 0. The second kappa shape index (κ2) is 7.61. The molecule has 2 saturated heterocycles. The maximum atomic E-state index is 5.69. The molecule has 5 aromatic rings. The van der Waals surface area contributed by atoms with Crippen molar-refractivity contribution in [2.75, 3.05) is 13.2 Å². The topological polar surface area (TPSA) is 34.9 Å². The lowest BCUT2D eigenvalue weighted by Gasteiger charge is -2.13. The minimum absolute atomic E-state index is 0.344.